The minimum absolute atomic E-state index is 0. The topological polar surface area (TPSA) is 72.9 Å². The van der Waals surface area contributed by atoms with Gasteiger partial charge in [0.1, 0.15) is 0 Å². The first-order valence-electron chi connectivity index (χ1n) is 6.02. The molecule has 0 saturated carbocycles. The van der Waals surface area contributed by atoms with Crippen molar-refractivity contribution in [3.8, 4) is 0 Å². The molecule has 0 aliphatic rings. The number of hydrogen-bond acceptors (Lipinski definition) is 3. The molecule has 3 N–H and O–H groups in total. The van der Waals surface area contributed by atoms with Crippen LogP contribution >= 0.6 is 12.4 Å². The first kappa shape index (κ1) is 15.5. The lowest BCUT2D eigenvalue weighted by molar-refractivity contribution is -0.117. The van der Waals surface area contributed by atoms with Crippen LogP contribution in [0.3, 0.4) is 0 Å². The third-order valence-corrected chi connectivity index (χ3v) is 2.73. The Morgan fingerprint density at radius 3 is 2.63 bits per heavy atom. The van der Waals surface area contributed by atoms with E-state index in [1.54, 1.807) is 6.92 Å². The van der Waals surface area contributed by atoms with Crippen LogP contribution in [-0.4, -0.2) is 21.7 Å². The molecule has 6 heteroatoms. The van der Waals surface area contributed by atoms with Crippen molar-refractivity contribution in [1.29, 1.82) is 0 Å². The summed E-state index contributed by atoms with van der Waals surface area (Å²) >= 11 is 0. The van der Waals surface area contributed by atoms with Gasteiger partial charge in [0.15, 0.2) is 0 Å². The summed E-state index contributed by atoms with van der Waals surface area (Å²) in [5.41, 5.74) is 7.17. The van der Waals surface area contributed by atoms with Crippen molar-refractivity contribution < 1.29 is 4.79 Å². The Labute approximate surface area is 118 Å². The van der Waals surface area contributed by atoms with Crippen molar-refractivity contribution in [3.63, 3.8) is 0 Å². The average Bonchev–Trinajstić information content (AvgIpc) is 2.71. The van der Waals surface area contributed by atoms with Crippen LogP contribution in [0.1, 0.15) is 26.8 Å². The number of benzene rings is 1. The van der Waals surface area contributed by atoms with E-state index in [1.807, 2.05) is 29.1 Å². The maximum Gasteiger partial charge on any atom is 0.240 e. The van der Waals surface area contributed by atoms with Crippen LogP contribution in [-0.2, 0) is 4.79 Å². The Balaban J connectivity index is 0.00000180. The molecule has 2 aromatic rings. The number of amides is 1. The van der Waals surface area contributed by atoms with Gasteiger partial charge in [0, 0.05) is 23.3 Å². The zero-order valence-corrected chi connectivity index (χ0v) is 12.1. The van der Waals surface area contributed by atoms with Gasteiger partial charge < -0.3 is 11.1 Å². The predicted octanol–water partition coefficient (Wildman–Crippen LogP) is 2.32. The summed E-state index contributed by atoms with van der Waals surface area (Å²) in [6, 6.07) is 5.44. The van der Waals surface area contributed by atoms with Gasteiger partial charge in [-0.05, 0) is 39.0 Å². The van der Waals surface area contributed by atoms with Gasteiger partial charge in [0.25, 0.3) is 0 Å². The number of hydrogen-bond donors (Lipinski definition) is 2. The van der Waals surface area contributed by atoms with Gasteiger partial charge in [-0.25, -0.2) is 0 Å². The third-order valence-electron chi connectivity index (χ3n) is 2.73. The number of carbonyl (C=O) groups is 1. The quantitative estimate of drug-likeness (QED) is 0.907. The molecule has 1 atom stereocenters. The summed E-state index contributed by atoms with van der Waals surface area (Å²) in [6.07, 6.45) is 1.97. The minimum Gasteiger partial charge on any atom is -0.325 e. The minimum atomic E-state index is -0.515. The number of nitrogens with one attached hydrogen (secondary N) is 1. The molecule has 2 rings (SSSR count). The van der Waals surface area contributed by atoms with E-state index in [-0.39, 0.29) is 18.3 Å². The fraction of sp³-hybridized carbons (Fsp3) is 0.385. The highest BCUT2D eigenvalue weighted by Gasteiger charge is 2.09. The van der Waals surface area contributed by atoms with Crippen molar-refractivity contribution in [2.75, 3.05) is 5.32 Å². The fourth-order valence-electron chi connectivity index (χ4n) is 1.64. The Morgan fingerprint density at radius 1 is 1.37 bits per heavy atom. The number of halogens is 1. The van der Waals surface area contributed by atoms with Gasteiger partial charge in [-0.2, -0.15) is 5.10 Å². The SMILES string of the molecule is CC(C)n1cc2cc(NC(=O)[C@@H](C)N)ccc2n1.Cl. The molecule has 0 bridgehead atoms. The predicted molar refractivity (Wildman–Crippen MR) is 79.6 cm³/mol. The standard InChI is InChI=1S/C13H18N4O.ClH/c1-8(2)17-7-10-6-11(4-5-12(10)16-17)15-13(18)9(3)14;/h4-9H,14H2,1-3H3,(H,15,18);1H/t9-;/m1./s1. The number of nitrogens with zero attached hydrogens (tertiary/aromatic N) is 2. The molecule has 0 aliphatic carbocycles. The number of nitrogens with two attached hydrogens (primary N) is 1. The van der Waals surface area contributed by atoms with Gasteiger partial charge in [-0.15, -0.1) is 12.4 Å². The molecule has 0 saturated heterocycles. The van der Waals surface area contributed by atoms with Crippen molar-refractivity contribution in [1.82, 2.24) is 9.78 Å². The highest BCUT2D eigenvalue weighted by molar-refractivity contribution is 5.96. The van der Waals surface area contributed by atoms with Crippen LogP contribution in [0.15, 0.2) is 24.4 Å². The number of fused-ring (bicyclic) bond motifs is 1. The molecule has 19 heavy (non-hydrogen) atoms. The molecule has 104 valence electrons. The summed E-state index contributed by atoms with van der Waals surface area (Å²) in [5.74, 6) is -0.189. The highest BCUT2D eigenvalue weighted by atomic mass is 35.5. The first-order valence-corrected chi connectivity index (χ1v) is 6.02. The van der Waals surface area contributed by atoms with Gasteiger partial charge in [0.2, 0.25) is 5.91 Å². The van der Waals surface area contributed by atoms with Crippen LogP contribution in [0.25, 0.3) is 10.9 Å². The van der Waals surface area contributed by atoms with E-state index in [0.717, 1.165) is 16.6 Å². The van der Waals surface area contributed by atoms with Gasteiger partial charge in [0.05, 0.1) is 11.6 Å². The van der Waals surface area contributed by atoms with Crippen LogP contribution in [0.2, 0.25) is 0 Å². The third kappa shape index (κ3) is 3.45. The van der Waals surface area contributed by atoms with E-state index in [0.29, 0.717) is 6.04 Å². The van der Waals surface area contributed by atoms with Crippen molar-refractivity contribution in [3.05, 3.63) is 24.4 Å². The summed E-state index contributed by atoms with van der Waals surface area (Å²) in [4.78, 5) is 11.5. The van der Waals surface area contributed by atoms with Gasteiger partial charge in [-0.3, -0.25) is 9.48 Å². The molecule has 1 aromatic carbocycles. The lowest BCUT2D eigenvalue weighted by Crippen LogP contribution is -2.32. The zero-order chi connectivity index (χ0) is 13.3. The molecule has 1 aromatic heterocycles. The molecule has 0 unspecified atom stereocenters. The molecular formula is C13H19ClN4O. The number of carbonyl (C=O) groups excluding carboxylic acids is 1. The van der Waals surface area contributed by atoms with E-state index in [2.05, 4.69) is 24.3 Å². The maximum absolute atomic E-state index is 11.5. The lowest BCUT2D eigenvalue weighted by atomic mass is 10.2. The largest absolute Gasteiger partial charge is 0.325 e. The smallest absolute Gasteiger partial charge is 0.240 e. The molecule has 1 amide bonds. The van der Waals surface area contributed by atoms with E-state index in [4.69, 9.17) is 5.73 Å². The molecule has 0 radical (unpaired) electrons. The second-order valence-electron chi connectivity index (χ2n) is 4.75. The maximum atomic E-state index is 11.5. The van der Waals surface area contributed by atoms with Crippen molar-refractivity contribution >= 4 is 34.9 Å². The van der Waals surface area contributed by atoms with E-state index < -0.39 is 6.04 Å². The summed E-state index contributed by atoms with van der Waals surface area (Å²) in [6.45, 7) is 5.81. The summed E-state index contributed by atoms with van der Waals surface area (Å²) in [5, 5.41) is 8.22. The zero-order valence-electron chi connectivity index (χ0n) is 11.3. The number of rotatable bonds is 3. The molecule has 0 spiro atoms. The Morgan fingerprint density at radius 2 is 2.05 bits per heavy atom. The summed E-state index contributed by atoms with van der Waals surface area (Å²) < 4.78 is 1.90. The van der Waals surface area contributed by atoms with E-state index >= 15 is 0 Å². The van der Waals surface area contributed by atoms with Crippen LogP contribution < -0.4 is 11.1 Å². The Hall–Kier alpha value is -1.59. The first-order chi connectivity index (χ1) is 8.47. The Bertz CT molecular complexity index is 577. The van der Waals surface area contributed by atoms with Crippen LogP contribution in [0, 0.1) is 0 Å². The van der Waals surface area contributed by atoms with Crippen molar-refractivity contribution in [2.45, 2.75) is 32.9 Å². The molecule has 0 fully saturated rings. The average molecular weight is 283 g/mol. The second-order valence-corrected chi connectivity index (χ2v) is 4.75. The van der Waals surface area contributed by atoms with Crippen LogP contribution in [0.5, 0.6) is 0 Å². The molecular weight excluding hydrogens is 264 g/mol. The van der Waals surface area contributed by atoms with Crippen LogP contribution in [0.4, 0.5) is 5.69 Å². The fourth-order valence-corrected chi connectivity index (χ4v) is 1.64. The Kier molecular flexibility index (Phi) is 4.91. The van der Waals surface area contributed by atoms with E-state index in [1.165, 1.54) is 0 Å². The van der Waals surface area contributed by atoms with E-state index in [9.17, 15) is 4.79 Å². The lowest BCUT2D eigenvalue weighted by Gasteiger charge is -2.07. The molecule has 0 aliphatic heterocycles. The number of anilines is 1. The normalized spacial score (nSPS) is 12.3. The second kappa shape index (κ2) is 6.04. The van der Waals surface area contributed by atoms with Gasteiger partial charge in [-0.1, -0.05) is 0 Å². The monoisotopic (exact) mass is 282 g/mol. The van der Waals surface area contributed by atoms with Gasteiger partial charge >= 0.3 is 0 Å². The highest BCUT2D eigenvalue weighted by Crippen LogP contribution is 2.19. The number of aromatic nitrogens is 2. The summed E-state index contributed by atoms with van der Waals surface area (Å²) in [7, 11) is 0. The van der Waals surface area contributed by atoms with Crippen molar-refractivity contribution in [2.24, 2.45) is 5.73 Å². The molecule has 5 nitrogen and oxygen atoms in total. The molecule has 1 heterocycles.